The molecule has 2 fully saturated rings. The van der Waals surface area contributed by atoms with Gasteiger partial charge in [-0.15, -0.1) is 0 Å². The van der Waals surface area contributed by atoms with Crippen LogP contribution in [-0.2, 0) is 18.8 Å². The second-order valence-corrected chi connectivity index (χ2v) is 14.8. The molecule has 0 aromatic heterocycles. The van der Waals surface area contributed by atoms with E-state index in [-0.39, 0.29) is 29.0 Å². The minimum atomic E-state index is -2.04. The van der Waals surface area contributed by atoms with E-state index in [1.807, 2.05) is 36.1 Å². The minimum Gasteiger partial charge on any atom is -0.497 e. The van der Waals surface area contributed by atoms with Crippen LogP contribution in [-0.4, -0.2) is 58.0 Å². The van der Waals surface area contributed by atoms with Gasteiger partial charge in [-0.3, -0.25) is 4.79 Å². The fourth-order valence-electron chi connectivity index (χ4n) is 4.14. The number of β-lactam (4-membered cyclic amide) rings is 1. The third-order valence-electron chi connectivity index (χ3n) is 7.00. The van der Waals surface area contributed by atoms with Crippen LogP contribution >= 0.6 is 0 Å². The molecule has 0 spiro atoms. The van der Waals surface area contributed by atoms with Gasteiger partial charge in [0.05, 0.1) is 32.3 Å². The molecule has 174 valence electrons. The summed E-state index contributed by atoms with van der Waals surface area (Å²) in [7, 11) is 0.958. The Morgan fingerprint density at radius 2 is 1.81 bits per heavy atom. The van der Waals surface area contributed by atoms with E-state index < -0.39 is 14.3 Å². The van der Waals surface area contributed by atoms with Gasteiger partial charge >= 0.3 is 5.97 Å². The number of esters is 1. The molecule has 0 bridgehead atoms. The number of carbonyl (C=O) groups is 2. The predicted octanol–water partition coefficient (Wildman–Crippen LogP) is 4.43. The lowest BCUT2D eigenvalue weighted by molar-refractivity contribution is -0.156. The van der Waals surface area contributed by atoms with E-state index in [0.717, 1.165) is 22.5 Å². The summed E-state index contributed by atoms with van der Waals surface area (Å²) in [6, 6.07) is 7.62. The smallest absolute Gasteiger partial charge is 0.330 e. The van der Waals surface area contributed by atoms with E-state index in [0.29, 0.717) is 6.54 Å². The molecule has 32 heavy (non-hydrogen) atoms. The average Bonchev–Trinajstić information content (AvgIpc) is 3.00. The molecule has 2 aliphatic rings. The van der Waals surface area contributed by atoms with Crippen LogP contribution in [0.5, 0.6) is 5.75 Å². The Bertz CT molecular complexity index is 942. The minimum absolute atomic E-state index is 0.0567. The molecule has 6 nitrogen and oxygen atoms in total. The van der Waals surface area contributed by atoms with Crippen molar-refractivity contribution >= 4 is 26.3 Å². The Labute approximate surface area is 192 Å². The van der Waals surface area contributed by atoms with E-state index >= 15 is 0 Å². The van der Waals surface area contributed by atoms with Gasteiger partial charge in [-0.2, -0.15) is 0 Å². The number of amides is 1. The molecule has 7 heteroatoms. The maximum absolute atomic E-state index is 13.1. The number of nitrogens with zero attached hydrogens (tertiary/aromatic N) is 1. The summed E-state index contributed by atoms with van der Waals surface area (Å²) in [4.78, 5) is 26.9. The topological polar surface area (TPSA) is 65.1 Å². The van der Waals surface area contributed by atoms with Crippen LogP contribution in [0.2, 0.25) is 18.1 Å². The van der Waals surface area contributed by atoms with Crippen molar-refractivity contribution in [3.05, 3.63) is 47.1 Å². The van der Waals surface area contributed by atoms with Crippen LogP contribution in [0.3, 0.4) is 0 Å². The third kappa shape index (κ3) is 4.54. The van der Waals surface area contributed by atoms with E-state index in [1.54, 1.807) is 7.11 Å². The van der Waals surface area contributed by atoms with Gasteiger partial charge in [0.1, 0.15) is 5.75 Å². The summed E-state index contributed by atoms with van der Waals surface area (Å²) in [5.41, 5.74) is 2.76. The molecule has 3 rings (SSSR count). The van der Waals surface area contributed by atoms with Crippen LogP contribution in [0.25, 0.3) is 6.08 Å². The Balaban J connectivity index is 1.96. The molecule has 0 aliphatic carbocycles. The highest BCUT2D eigenvalue weighted by atomic mass is 28.4. The number of rotatable bonds is 6. The fourth-order valence-corrected chi connectivity index (χ4v) is 5.57. The first-order chi connectivity index (χ1) is 14.9. The zero-order valence-corrected chi connectivity index (χ0v) is 21.4. The molecule has 0 saturated carbocycles. The fraction of sp³-hybridized carbons (Fsp3) is 0.520. The second kappa shape index (κ2) is 8.87. The lowest BCUT2D eigenvalue weighted by Crippen LogP contribution is -2.63. The number of benzene rings is 1. The summed E-state index contributed by atoms with van der Waals surface area (Å²) in [6.07, 6.45) is 3.34. The summed E-state index contributed by atoms with van der Waals surface area (Å²) >= 11 is 0. The van der Waals surface area contributed by atoms with Gasteiger partial charge in [-0.25, -0.2) is 4.79 Å². The maximum Gasteiger partial charge on any atom is 0.330 e. The van der Waals surface area contributed by atoms with Gasteiger partial charge < -0.3 is 18.8 Å². The monoisotopic (exact) mass is 457 g/mol. The highest BCUT2D eigenvalue weighted by Gasteiger charge is 2.57. The number of hydrogen-bond donors (Lipinski definition) is 0. The predicted molar refractivity (Wildman–Crippen MR) is 128 cm³/mol. The number of methoxy groups -OCH3 is 2. The molecular formula is C25H35NO5Si. The SMILES string of the molecule is COC(=O)/C=C1/CN2C(=O)[C@H]([C@@H](C)O[Si](C)(C)C(C)(C)C)[C@H]2/C1=C/c1ccc(OC)cc1. The van der Waals surface area contributed by atoms with Crippen molar-refractivity contribution in [1.29, 1.82) is 0 Å². The van der Waals surface area contributed by atoms with Crippen LogP contribution in [0.15, 0.2) is 41.5 Å². The molecule has 0 unspecified atom stereocenters. The lowest BCUT2D eigenvalue weighted by Gasteiger charge is -2.48. The quantitative estimate of drug-likeness (QED) is 0.274. The Kier molecular flexibility index (Phi) is 6.72. The van der Waals surface area contributed by atoms with E-state index in [1.165, 1.54) is 13.2 Å². The highest BCUT2D eigenvalue weighted by molar-refractivity contribution is 6.74. The molecule has 0 radical (unpaired) electrons. The molecule has 0 N–H and O–H groups in total. The van der Waals surface area contributed by atoms with Crippen molar-refractivity contribution in [2.75, 3.05) is 20.8 Å². The first-order valence-electron chi connectivity index (χ1n) is 11.0. The first kappa shape index (κ1) is 24.3. The van der Waals surface area contributed by atoms with Crippen molar-refractivity contribution in [1.82, 2.24) is 4.90 Å². The average molecular weight is 458 g/mol. The van der Waals surface area contributed by atoms with E-state index in [2.05, 4.69) is 39.9 Å². The number of carbonyl (C=O) groups excluding carboxylic acids is 2. The summed E-state index contributed by atoms with van der Waals surface area (Å²) < 4.78 is 16.7. The van der Waals surface area contributed by atoms with E-state index in [9.17, 15) is 9.59 Å². The lowest BCUT2D eigenvalue weighted by atomic mass is 9.80. The Morgan fingerprint density at radius 1 is 1.19 bits per heavy atom. The van der Waals surface area contributed by atoms with E-state index in [4.69, 9.17) is 13.9 Å². The molecule has 1 aromatic rings. The zero-order chi connectivity index (χ0) is 23.8. The highest BCUT2D eigenvalue weighted by Crippen LogP contribution is 2.47. The molecule has 2 heterocycles. The summed E-state index contributed by atoms with van der Waals surface area (Å²) in [6.45, 7) is 13.4. The van der Waals surface area contributed by atoms with Crippen molar-refractivity contribution in [2.24, 2.45) is 5.92 Å². The Hall–Kier alpha value is -2.38. The van der Waals surface area contributed by atoms with Gasteiger partial charge in [0.25, 0.3) is 0 Å². The molecule has 1 aromatic carbocycles. The Morgan fingerprint density at radius 3 is 2.34 bits per heavy atom. The number of hydrogen-bond acceptors (Lipinski definition) is 5. The summed E-state index contributed by atoms with van der Waals surface area (Å²) in [5.74, 6) is 0.170. The van der Waals surface area contributed by atoms with Crippen LogP contribution in [0.4, 0.5) is 0 Å². The third-order valence-corrected chi connectivity index (χ3v) is 11.6. The van der Waals surface area contributed by atoms with Crippen LogP contribution < -0.4 is 4.74 Å². The summed E-state index contributed by atoms with van der Waals surface area (Å²) in [5, 5.41) is 0.0567. The largest absolute Gasteiger partial charge is 0.497 e. The van der Waals surface area contributed by atoms with Gasteiger partial charge in [-0.05, 0) is 60.0 Å². The molecule has 1 amide bonds. The second-order valence-electron chi connectivity index (χ2n) is 10.1. The number of ether oxygens (including phenoxy) is 2. The molecule has 3 atom stereocenters. The van der Waals surface area contributed by atoms with Crippen LogP contribution in [0, 0.1) is 5.92 Å². The number of fused-ring (bicyclic) bond motifs is 1. The van der Waals surface area contributed by atoms with Gasteiger partial charge in [0.15, 0.2) is 8.32 Å². The normalized spacial score (nSPS) is 24.4. The maximum atomic E-state index is 13.1. The molecular weight excluding hydrogens is 422 g/mol. The van der Waals surface area contributed by atoms with Gasteiger partial charge in [-0.1, -0.05) is 32.9 Å². The van der Waals surface area contributed by atoms with Crippen molar-refractivity contribution in [3.63, 3.8) is 0 Å². The van der Waals surface area contributed by atoms with Crippen molar-refractivity contribution in [3.8, 4) is 5.75 Å². The molecule has 2 aliphatic heterocycles. The standard InChI is InChI=1S/C25H35NO5Si/c1-16(31-32(7,8)25(2,3)4)22-23-20(13-17-9-11-19(29-5)12-10-17)18(14-21(27)30-6)15-26(23)24(22)28/h9-14,16,22-23H,15H2,1-8H3/b18-14-,20-13+/t16-,22-,23-/m1/s1. The van der Waals surface area contributed by atoms with Crippen LogP contribution in [0.1, 0.15) is 33.3 Å². The first-order valence-corrected chi connectivity index (χ1v) is 13.9. The van der Waals surface area contributed by atoms with Gasteiger partial charge in [0.2, 0.25) is 5.91 Å². The zero-order valence-electron chi connectivity index (χ0n) is 20.4. The van der Waals surface area contributed by atoms with Gasteiger partial charge in [0, 0.05) is 12.6 Å². The van der Waals surface area contributed by atoms with Crippen molar-refractivity contribution < 1.29 is 23.5 Å². The molecule has 2 saturated heterocycles. The van der Waals surface area contributed by atoms with Crippen molar-refractivity contribution in [2.45, 2.75) is 58.0 Å².